The highest BCUT2D eigenvalue weighted by Gasteiger charge is 2.23. The Morgan fingerprint density at radius 1 is 1.16 bits per heavy atom. The summed E-state index contributed by atoms with van der Waals surface area (Å²) >= 11 is 0. The molecular weight excluding hydrogens is 431 g/mol. The van der Waals surface area contributed by atoms with Crippen molar-refractivity contribution in [2.75, 3.05) is 66.0 Å². The van der Waals surface area contributed by atoms with Gasteiger partial charge in [0.2, 0.25) is 5.91 Å². The van der Waals surface area contributed by atoms with E-state index in [0.717, 1.165) is 58.3 Å². The predicted octanol–water partition coefficient (Wildman–Crippen LogP) is 0.418. The fourth-order valence-corrected chi connectivity index (χ4v) is 3.60. The molecule has 1 atom stereocenters. The molecule has 1 unspecified atom stereocenters. The van der Waals surface area contributed by atoms with Gasteiger partial charge in [-0.25, -0.2) is 0 Å². The van der Waals surface area contributed by atoms with Crippen molar-refractivity contribution in [1.29, 1.82) is 0 Å². The molecular formula is C17H35IN6O. The molecule has 2 aliphatic rings. The van der Waals surface area contributed by atoms with Crippen molar-refractivity contribution in [3.8, 4) is 0 Å². The zero-order chi connectivity index (χ0) is 17.4. The molecule has 0 aromatic rings. The molecule has 0 aromatic heterocycles. The van der Waals surface area contributed by atoms with Gasteiger partial charge in [0, 0.05) is 65.8 Å². The lowest BCUT2D eigenvalue weighted by Gasteiger charge is -2.34. The number of likely N-dealkylation sites (N-methyl/N-ethyl adjacent to an activating group) is 1. The van der Waals surface area contributed by atoms with E-state index in [1.807, 2.05) is 11.9 Å². The number of hydrogen-bond donors (Lipinski definition) is 2. The largest absolute Gasteiger partial charge is 0.355 e. The van der Waals surface area contributed by atoms with Gasteiger partial charge in [-0.2, -0.15) is 0 Å². The summed E-state index contributed by atoms with van der Waals surface area (Å²) in [5, 5.41) is 6.87. The number of rotatable bonds is 6. The summed E-state index contributed by atoms with van der Waals surface area (Å²) in [6.45, 7) is 12.7. The second-order valence-electron chi connectivity index (χ2n) is 6.65. The van der Waals surface area contributed by atoms with Crippen LogP contribution in [-0.4, -0.2) is 98.6 Å². The van der Waals surface area contributed by atoms with Crippen LogP contribution in [0.3, 0.4) is 0 Å². The highest BCUT2D eigenvalue weighted by Crippen LogP contribution is 2.15. The van der Waals surface area contributed by atoms with Crippen LogP contribution in [0.1, 0.15) is 26.7 Å². The van der Waals surface area contributed by atoms with Gasteiger partial charge in [0.05, 0.1) is 0 Å². The predicted molar refractivity (Wildman–Crippen MR) is 114 cm³/mol. The van der Waals surface area contributed by atoms with Crippen LogP contribution in [-0.2, 0) is 4.79 Å². The molecule has 2 rings (SSSR count). The smallest absolute Gasteiger partial charge is 0.219 e. The number of guanidine groups is 1. The van der Waals surface area contributed by atoms with Crippen LogP contribution in [0.2, 0.25) is 0 Å². The Balaban J connectivity index is 0.00000312. The van der Waals surface area contributed by atoms with Gasteiger partial charge in [-0.15, -0.1) is 24.0 Å². The molecule has 0 spiro atoms. The van der Waals surface area contributed by atoms with Gasteiger partial charge in [0.15, 0.2) is 5.96 Å². The number of nitrogens with one attached hydrogen (secondary N) is 2. The van der Waals surface area contributed by atoms with Gasteiger partial charge >= 0.3 is 0 Å². The van der Waals surface area contributed by atoms with E-state index < -0.39 is 0 Å². The Morgan fingerprint density at radius 3 is 2.48 bits per heavy atom. The molecule has 2 aliphatic heterocycles. The van der Waals surface area contributed by atoms with Crippen molar-refractivity contribution < 1.29 is 4.79 Å². The van der Waals surface area contributed by atoms with E-state index in [1.165, 1.54) is 19.4 Å². The number of aliphatic imine (C=N–C) groups is 1. The molecule has 1 amide bonds. The summed E-state index contributed by atoms with van der Waals surface area (Å²) in [5.41, 5.74) is 0. The first-order valence-corrected chi connectivity index (χ1v) is 9.30. The third kappa shape index (κ3) is 7.26. The first-order chi connectivity index (χ1) is 11.6. The average molecular weight is 466 g/mol. The zero-order valence-corrected chi connectivity index (χ0v) is 18.3. The van der Waals surface area contributed by atoms with E-state index in [1.54, 1.807) is 6.92 Å². The molecule has 7 nitrogen and oxygen atoms in total. The number of likely N-dealkylation sites (tertiary alicyclic amines) is 1. The van der Waals surface area contributed by atoms with E-state index in [-0.39, 0.29) is 29.9 Å². The second kappa shape index (κ2) is 11.9. The minimum absolute atomic E-state index is 0. The van der Waals surface area contributed by atoms with Crippen molar-refractivity contribution in [1.82, 2.24) is 25.3 Å². The third-order valence-electron chi connectivity index (χ3n) is 5.17. The quantitative estimate of drug-likeness (QED) is 0.338. The maximum atomic E-state index is 11.3. The average Bonchev–Trinajstić information content (AvgIpc) is 3.05. The van der Waals surface area contributed by atoms with Crippen LogP contribution in [0.5, 0.6) is 0 Å². The summed E-state index contributed by atoms with van der Waals surface area (Å²) in [7, 11) is 1.83. The van der Waals surface area contributed by atoms with Gasteiger partial charge in [0.1, 0.15) is 0 Å². The van der Waals surface area contributed by atoms with Crippen LogP contribution in [0.15, 0.2) is 4.99 Å². The topological polar surface area (TPSA) is 63.2 Å². The highest BCUT2D eigenvalue weighted by molar-refractivity contribution is 14.0. The maximum absolute atomic E-state index is 11.3. The molecule has 146 valence electrons. The second-order valence-corrected chi connectivity index (χ2v) is 6.65. The van der Waals surface area contributed by atoms with E-state index in [9.17, 15) is 4.79 Å². The fraction of sp³-hybridized carbons (Fsp3) is 0.882. The number of nitrogens with zero attached hydrogens (tertiary/aromatic N) is 4. The standard InChI is InChI=1S/C17H34N6O.HI/c1-4-22-8-5-6-16(22)14-20-17(18-3)19-7-9-21-10-12-23(13-11-21)15(2)24;/h16H,4-14H2,1-3H3,(H2,18,19,20);1H. The van der Waals surface area contributed by atoms with Crippen molar-refractivity contribution in [3.63, 3.8) is 0 Å². The van der Waals surface area contributed by atoms with E-state index >= 15 is 0 Å². The Morgan fingerprint density at radius 2 is 1.88 bits per heavy atom. The first kappa shape index (κ1) is 22.4. The number of carbonyl (C=O) groups is 1. The van der Waals surface area contributed by atoms with Crippen molar-refractivity contribution in [2.45, 2.75) is 32.7 Å². The number of carbonyl (C=O) groups excluding carboxylic acids is 1. The summed E-state index contributed by atoms with van der Waals surface area (Å²) in [6, 6.07) is 0.633. The van der Waals surface area contributed by atoms with Crippen LogP contribution in [0.25, 0.3) is 0 Å². The van der Waals surface area contributed by atoms with Gasteiger partial charge in [0.25, 0.3) is 0 Å². The molecule has 2 N–H and O–H groups in total. The number of halogens is 1. The monoisotopic (exact) mass is 466 g/mol. The molecule has 25 heavy (non-hydrogen) atoms. The lowest BCUT2D eigenvalue weighted by atomic mass is 10.2. The number of piperazine rings is 1. The van der Waals surface area contributed by atoms with Gasteiger partial charge < -0.3 is 15.5 Å². The van der Waals surface area contributed by atoms with Crippen LogP contribution < -0.4 is 10.6 Å². The third-order valence-corrected chi connectivity index (χ3v) is 5.17. The Labute approximate surface area is 169 Å². The summed E-state index contributed by atoms with van der Waals surface area (Å²) in [4.78, 5) is 22.5. The van der Waals surface area contributed by atoms with Gasteiger partial charge in [-0.3, -0.25) is 19.6 Å². The molecule has 0 radical (unpaired) electrons. The fourth-order valence-electron chi connectivity index (χ4n) is 3.60. The van der Waals surface area contributed by atoms with Crippen LogP contribution in [0, 0.1) is 0 Å². The summed E-state index contributed by atoms with van der Waals surface area (Å²) < 4.78 is 0. The van der Waals surface area contributed by atoms with Gasteiger partial charge in [-0.1, -0.05) is 6.92 Å². The van der Waals surface area contributed by atoms with E-state index in [4.69, 9.17) is 0 Å². The van der Waals surface area contributed by atoms with Crippen LogP contribution >= 0.6 is 24.0 Å². The maximum Gasteiger partial charge on any atom is 0.219 e. The Hall–Kier alpha value is -0.610. The molecule has 0 saturated carbocycles. The minimum Gasteiger partial charge on any atom is -0.355 e. The van der Waals surface area contributed by atoms with Crippen molar-refractivity contribution >= 4 is 35.8 Å². The van der Waals surface area contributed by atoms with Gasteiger partial charge in [-0.05, 0) is 25.9 Å². The molecule has 2 saturated heterocycles. The number of hydrogen-bond acceptors (Lipinski definition) is 4. The highest BCUT2D eigenvalue weighted by atomic mass is 127. The molecule has 0 bridgehead atoms. The molecule has 0 aliphatic carbocycles. The zero-order valence-electron chi connectivity index (χ0n) is 16.0. The normalized spacial score (nSPS) is 22.6. The molecule has 2 heterocycles. The van der Waals surface area contributed by atoms with Crippen LogP contribution in [0.4, 0.5) is 0 Å². The minimum atomic E-state index is 0. The molecule has 8 heteroatoms. The Bertz CT molecular complexity index is 425. The lowest BCUT2D eigenvalue weighted by Crippen LogP contribution is -2.51. The van der Waals surface area contributed by atoms with E-state index in [0.29, 0.717) is 6.04 Å². The number of amides is 1. The van der Waals surface area contributed by atoms with Crippen molar-refractivity contribution in [3.05, 3.63) is 0 Å². The van der Waals surface area contributed by atoms with Crippen molar-refractivity contribution in [2.24, 2.45) is 4.99 Å². The Kier molecular flexibility index (Phi) is 10.7. The molecule has 2 fully saturated rings. The summed E-state index contributed by atoms with van der Waals surface area (Å²) in [6.07, 6.45) is 2.58. The lowest BCUT2D eigenvalue weighted by molar-refractivity contribution is -0.130. The van der Waals surface area contributed by atoms with E-state index in [2.05, 4.69) is 32.3 Å². The summed E-state index contributed by atoms with van der Waals surface area (Å²) in [5.74, 6) is 1.07. The first-order valence-electron chi connectivity index (χ1n) is 9.30. The molecule has 0 aromatic carbocycles. The SMILES string of the molecule is CCN1CCCC1CNC(=NC)NCCN1CCN(C(C)=O)CC1.I.